The van der Waals surface area contributed by atoms with Gasteiger partial charge in [0.2, 0.25) is 0 Å². The number of ether oxygens (including phenoxy) is 1. The Morgan fingerprint density at radius 3 is 2.85 bits per heavy atom. The van der Waals surface area contributed by atoms with Crippen LogP contribution in [0, 0.1) is 12.7 Å². The van der Waals surface area contributed by atoms with Gasteiger partial charge in [0.15, 0.2) is 11.5 Å². The highest BCUT2D eigenvalue weighted by Gasteiger charge is 2.28. The lowest BCUT2D eigenvalue weighted by atomic mass is 9.97. The lowest BCUT2D eigenvalue weighted by Gasteiger charge is -2.31. The van der Waals surface area contributed by atoms with Crippen LogP contribution in [0.25, 0.3) is 16.8 Å². The number of benzene rings is 1. The Morgan fingerprint density at radius 2 is 2.03 bits per heavy atom. The highest BCUT2D eigenvalue weighted by Crippen LogP contribution is 2.31. The second kappa shape index (κ2) is 8.61. The Hall–Kier alpha value is -3.81. The predicted molar refractivity (Wildman–Crippen MR) is 122 cm³/mol. The molecule has 5 rings (SSSR count). The quantitative estimate of drug-likeness (QED) is 0.469. The third-order valence-electron chi connectivity index (χ3n) is 6.00. The second-order valence-corrected chi connectivity index (χ2v) is 8.29. The molecule has 0 saturated carbocycles. The van der Waals surface area contributed by atoms with Crippen LogP contribution in [0.3, 0.4) is 0 Å². The average molecular weight is 445 g/mol. The monoisotopic (exact) mass is 445 g/mol. The van der Waals surface area contributed by atoms with Crippen molar-refractivity contribution in [3.63, 3.8) is 0 Å². The van der Waals surface area contributed by atoms with Gasteiger partial charge in [0.1, 0.15) is 17.3 Å². The van der Waals surface area contributed by atoms with E-state index in [0.29, 0.717) is 41.6 Å². The number of pyridine rings is 2. The molecule has 0 spiro atoms. The highest BCUT2D eigenvalue weighted by molar-refractivity contribution is 5.92. The number of likely N-dealkylation sites (tertiary alicyclic amines) is 1. The van der Waals surface area contributed by atoms with Crippen molar-refractivity contribution in [2.24, 2.45) is 0 Å². The normalized spacial score (nSPS) is 16.2. The Morgan fingerprint density at radius 1 is 1.15 bits per heavy atom. The zero-order valence-electron chi connectivity index (χ0n) is 18.5. The van der Waals surface area contributed by atoms with E-state index < -0.39 is 0 Å². The van der Waals surface area contributed by atoms with Gasteiger partial charge in [0.25, 0.3) is 5.91 Å². The third-order valence-corrected chi connectivity index (χ3v) is 6.00. The zero-order chi connectivity index (χ0) is 22.9. The van der Waals surface area contributed by atoms with Gasteiger partial charge in [-0.3, -0.25) is 4.79 Å². The van der Waals surface area contributed by atoms with Crippen LogP contribution in [0.15, 0.2) is 54.7 Å². The molecule has 0 N–H and O–H groups in total. The number of aryl methyl sites for hydroxylation is 1. The van der Waals surface area contributed by atoms with Crippen molar-refractivity contribution in [3.05, 3.63) is 77.8 Å². The van der Waals surface area contributed by atoms with Gasteiger partial charge >= 0.3 is 0 Å². The molecule has 0 bridgehead atoms. The molecule has 8 heteroatoms. The highest BCUT2D eigenvalue weighted by atomic mass is 19.1. The van der Waals surface area contributed by atoms with E-state index in [9.17, 15) is 9.18 Å². The number of rotatable bonds is 4. The molecule has 33 heavy (non-hydrogen) atoms. The number of nitrogens with zero attached hydrogens (tertiary/aromatic N) is 5. The SMILES string of the molecule is COc1ccc(F)cc1-c1ccc2nc(C3CCCN(C(=O)c4cccc(C)n4)C3)nn2c1. The Labute approximate surface area is 190 Å². The molecule has 1 atom stereocenters. The van der Waals surface area contributed by atoms with Crippen molar-refractivity contribution in [1.29, 1.82) is 0 Å². The molecule has 1 aromatic carbocycles. The van der Waals surface area contributed by atoms with Gasteiger partial charge in [-0.2, -0.15) is 5.10 Å². The van der Waals surface area contributed by atoms with Crippen molar-refractivity contribution in [2.75, 3.05) is 20.2 Å². The van der Waals surface area contributed by atoms with Gasteiger partial charge in [-0.25, -0.2) is 18.9 Å². The summed E-state index contributed by atoms with van der Waals surface area (Å²) in [5, 5.41) is 4.70. The van der Waals surface area contributed by atoms with E-state index in [1.807, 2.05) is 42.3 Å². The standard InChI is InChI=1S/C25H24FN5O2/c1-16-5-3-7-21(27-16)25(32)30-12-4-6-18(14-30)24-28-23-11-8-17(15-31(23)29-24)20-13-19(26)9-10-22(20)33-2/h3,5,7-11,13,15,18H,4,6,12,14H2,1-2H3. The summed E-state index contributed by atoms with van der Waals surface area (Å²) in [5.74, 6) is 0.933. The number of hydrogen-bond acceptors (Lipinski definition) is 5. The van der Waals surface area contributed by atoms with Crippen LogP contribution in [0.4, 0.5) is 4.39 Å². The summed E-state index contributed by atoms with van der Waals surface area (Å²) in [7, 11) is 1.56. The number of piperidine rings is 1. The first kappa shape index (κ1) is 21.1. The fourth-order valence-electron chi connectivity index (χ4n) is 4.33. The van der Waals surface area contributed by atoms with Gasteiger partial charge in [0, 0.05) is 42.0 Å². The van der Waals surface area contributed by atoms with Gasteiger partial charge in [-0.1, -0.05) is 6.07 Å². The molecular weight excluding hydrogens is 421 g/mol. The summed E-state index contributed by atoms with van der Waals surface area (Å²) >= 11 is 0. The van der Waals surface area contributed by atoms with E-state index in [1.54, 1.807) is 23.8 Å². The van der Waals surface area contributed by atoms with Gasteiger partial charge in [0.05, 0.1) is 7.11 Å². The van der Waals surface area contributed by atoms with Crippen LogP contribution in [0.2, 0.25) is 0 Å². The Balaban J connectivity index is 1.41. The summed E-state index contributed by atoms with van der Waals surface area (Å²) in [4.78, 5) is 23.9. The van der Waals surface area contributed by atoms with Crippen molar-refractivity contribution in [2.45, 2.75) is 25.7 Å². The molecule has 4 heterocycles. The van der Waals surface area contributed by atoms with Crippen LogP contribution >= 0.6 is 0 Å². The van der Waals surface area contributed by atoms with Gasteiger partial charge < -0.3 is 9.64 Å². The van der Waals surface area contributed by atoms with Crippen molar-refractivity contribution >= 4 is 11.6 Å². The first-order valence-electron chi connectivity index (χ1n) is 10.9. The number of halogens is 1. The van der Waals surface area contributed by atoms with Crippen molar-refractivity contribution in [3.8, 4) is 16.9 Å². The predicted octanol–water partition coefficient (Wildman–Crippen LogP) is 4.27. The number of methoxy groups -OCH3 is 1. The molecule has 1 amide bonds. The molecule has 1 aliphatic rings. The molecule has 1 unspecified atom stereocenters. The van der Waals surface area contributed by atoms with E-state index in [4.69, 9.17) is 14.8 Å². The molecule has 3 aromatic heterocycles. The topological polar surface area (TPSA) is 72.6 Å². The maximum Gasteiger partial charge on any atom is 0.272 e. The van der Waals surface area contributed by atoms with Gasteiger partial charge in [-0.15, -0.1) is 0 Å². The number of aromatic nitrogens is 4. The van der Waals surface area contributed by atoms with E-state index in [2.05, 4.69) is 4.98 Å². The third kappa shape index (κ3) is 4.16. The Bertz CT molecular complexity index is 1340. The van der Waals surface area contributed by atoms with E-state index in [0.717, 1.165) is 24.1 Å². The Kier molecular flexibility index (Phi) is 5.50. The summed E-state index contributed by atoms with van der Waals surface area (Å²) in [6.45, 7) is 3.13. The number of amides is 1. The van der Waals surface area contributed by atoms with Crippen LogP contribution in [0.1, 0.15) is 40.8 Å². The summed E-state index contributed by atoms with van der Waals surface area (Å²) in [5.41, 5.74) is 3.42. The molecule has 4 aromatic rings. The fraction of sp³-hybridized carbons (Fsp3) is 0.280. The lowest BCUT2D eigenvalue weighted by Crippen LogP contribution is -2.39. The summed E-state index contributed by atoms with van der Waals surface area (Å²) in [6, 6.07) is 13.7. The average Bonchev–Trinajstić information content (AvgIpc) is 3.27. The maximum atomic E-state index is 13.8. The van der Waals surface area contributed by atoms with E-state index >= 15 is 0 Å². The van der Waals surface area contributed by atoms with E-state index in [1.165, 1.54) is 12.1 Å². The summed E-state index contributed by atoms with van der Waals surface area (Å²) < 4.78 is 20.9. The van der Waals surface area contributed by atoms with Crippen LogP contribution < -0.4 is 4.74 Å². The molecule has 1 aliphatic heterocycles. The van der Waals surface area contributed by atoms with Gasteiger partial charge in [-0.05, 0) is 62.2 Å². The lowest BCUT2D eigenvalue weighted by molar-refractivity contribution is 0.0698. The zero-order valence-corrected chi connectivity index (χ0v) is 18.5. The molecule has 0 aliphatic carbocycles. The molecular formula is C25H24FN5O2. The minimum Gasteiger partial charge on any atom is -0.496 e. The second-order valence-electron chi connectivity index (χ2n) is 8.29. The summed E-state index contributed by atoms with van der Waals surface area (Å²) in [6.07, 6.45) is 3.61. The molecule has 7 nitrogen and oxygen atoms in total. The largest absolute Gasteiger partial charge is 0.496 e. The minimum atomic E-state index is -0.333. The first-order chi connectivity index (χ1) is 16.0. The molecule has 1 fully saturated rings. The van der Waals surface area contributed by atoms with Crippen LogP contribution in [-0.2, 0) is 0 Å². The van der Waals surface area contributed by atoms with Crippen LogP contribution in [-0.4, -0.2) is 50.6 Å². The van der Waals surface area contributed by atoms with E-state index in [-0.39, 0.29) is 17.6 Å². The first-order valence-corrected chi connectivity index (χ1v) is 10.9. The van der Waals surface area contributed by atoms with Crippen LogP contribution in [0.5, 0.6) is 5.75 Å². The van der Waals surface area contributed by atoms with Crippen molar-refractivity contribution in [1.82, 2.24) is 24.5 Å². The maximum absolute atomic E-state index is 13.8. The van der Waals surface area contributed by atoms with Crippen molar-refractivity contribution < 1.29 is 13.9 Å². The fourth-order valence-corrected chi connectivity index (χ4v) is 4.33. The molecule has 168 valence electrons. The minimum absolute atomic E-state index is 0.0413. The number of fused-ring (bicyclic) bond motifs is 1. The number of carbonyl (C=O) groups is 1. The smallest absolute Gasteiger partial charge is 0.272 e. The molecule has 1 saturated heterocycles. The molecule has 0 radical (unpaired) electrons. The number of carbonyl (C=O) groups excluding carboxylic acids is 1. The number of hydrogen-bond donors (Lipinski definition) is 0.